The van der Waals surface area contributed by atoms with Gasteiger partial charge in [-0.1, -0.05) is 84.4 Å². The minimum Gasteiger partial charge on any atom is -0.465 e. The van der Waals surface area contributed by atoms with Gasteiger partial charge in [0.05, 0.1) is 0 Å². The molecule has 6 rings (SSSR count). The van der Waals surface area contributed by atoms with Gasteiger partial charge in [-0.15, -0.1) is 0 Å². The number of anilines is 2. The molecule has 2 aliphatic rings. The van der Waals surface area contributed by atoms with Crippen LogP contribution in [0.25, 0.3) is 11.1 Å². The van der Waals surface area contributed by atoms with Gasteiger partial charge in [-0.2, -0.15) is 0 Å². The number of nitrogen functional groups attached to an aromatic ring is 2. The Labute approximate surface area is 314 Å². The number of nitrogens with one attached hydrogen (secondary N) is 2. The summed E-state index contributed by atoms with van der Waals surface area (Å²) in [6.45, 7) is 5.63. The van der Waals surface area contributed by atoms with Gasteiger partial charge in [-0.25, -0.2) is 14.8 Å². The summed E-state index contributed by atoms with van der Waals surface area (Å²) in [4.78, 5) is 49.8. The Balaban J connectivity index is 0.975. The maximum Gasteiger partial charge on any atom is 0.407 e. The number of rotatable bonds is 14. The number of nitrogens with zero attached hydrogens (tertiary/aromatic N) is 4. The molecular formula is C40H47ClN8O4. The number of amides is 3. The van der Waals surface area contributed by atoms with Crippen LogP contribution in [0.15, 0.2) is 72.8 Å². The summed E-state index contributed by atoms with van der Waals surface area (Å²) in [5.41, 5.74) is 18.4. The van der Waals surface area contributed by atoms with Crippen molar-refractivity contribution in [3.8, 4) is 11.1 Å². The minimum atomic E-state index is -1.02. The van der Waals surface area contributed by atoms with E-state index in [2.05, 4.69) is 63.9 Å². The highest BCUT2D eigenvalue weighted by atomic mass is 35.5. The van der Waals surface area contributed by atoms with Crippen molar-refractivity contribution in [3.63, 3.8) is 0 Å². The van der Waals surface area contributed by atoms with E-state index in [1.165, 1.54) is 16.0 Å². The van der Waals surface area contributed by atoms with Crippen LogP contribution >= 0.6 is 11.6 Å². The molecule has 1 aliphatic carbocycles. The van der Waals surface area contributed by atoms with Crippen molar-refractivity contribution in [2.45, 2.75) is 38.5 Å². The Morgan fingerprint density at radius 2 is 1.57 bits per heavy atom. The van der Waals surface area contributed by atoms with Crippen molar-refractivity contribution in [2.75, 3.05) is 57.3 Å². The van der Waals surface area contributed by atoms with Crippen LogP contribution in [0.3, 0.4) is 0 Å². The molecule has 13 heteroatoms. The van der Waals surface area contributed by atoms with Gasteiger partial charge in [-0.3, -0.25) is 9.59 Å². The molecule has 0 radical (unpaired) electrons. The van der Waals surface area contributed by atoms with Crippen LogP contribution in [0.4, 0.5) is 16.4 Å². The van der Waals surface area contributed by atoms with E-state index >= 15 is 0 Å². The SMILES string of the molecule is Cc1ccccc1C[C@H](CNCC1CCN(C(=O)CCN(CC2c3ccccc3-c3ccccc32)C(=O)O)CC1)CNC(=O)c1nc(Cl)c(N)nc1N. The molecule has 4 aromatic rings. The molecule has 278 valence electrons. The summed E-state index contributed by atoms with van der Waals surface area (Å²) in [5, 5.41) is 16.6. The van der Waals surface area contributed by atoms with Gasteiger partial charge >= 0.3 is 6.09 Å². The quantitative estimate of drug-likeness (QED) is 0.116. The number of carboxylic acid groups (broad SMARTS) is 1. The number of benzene rings is 3. The summed E-state index contributed by atoms with van der Waals surface area (Å²) < 4.78 is 0. The molecular weight excluding hydrogens is 692 g/mol. The molecule has 0 bridgehead atoms. The van der Waals surface area contributed by atoms with Gasteiger partial charge in [0, 0.05) is 45.1 Å². The van der Waals surface area contributed by atoms with Crippen LogP contribution in [0.1, 0.15) is 57.9 Å². The highest BCUT2D eigenvalue weighted by Gasteiger charge is 2.31. The number of hydrogen-bond acceptors (Lipinski definition) is 8. The number of halogens is 1. The molecule has 7 N–H and O–H groups in total. The normalized spacial score (nSPS) is 14.7. The van der Waals surface area contributed by atoms with E-state index in [0.29, 0.717) is 38.6 Å². The lowest BCUT2D eigenvalue weighted by molar-refractivity contribution is -0.132. The second-order valence-corrected chi connectivity index (χ2v) is 14.4. The number of piperidine rings is 1. The lowest BCUT2D eigenvalue weighted by atomic mass is 9.94. The predicted octanol–water partition coefficient (Wildman–Crippen LogP) is 5.20. The zero-order valence-corrected chi connectivity index (χ0v) is 30.7. The van der Waals surface area contributed by atoms with Gasteiger partial charge in [0.15, 0.2) is 22.5 Å². The molecule has 1 aliphatic heterocycles. The Morgan fingerprint density at radius 1 is 0.925 bits per heavy atom. The molecule has 12 nitrogen and oxygen atoms in total. The van der Waals surface area contributed by atoms with Crippen LogP contribution in [-0.2, 0) is 11.2 Å². The number of fused-ring (bicyclic) bond motifs is 3. The highest BCUT2D eigenvalue weighted by molar-refractivity contribution is 6.31. The van der Waals surface area contributed by atoms with Crippen molar-refractivity contribution in [2.24, 2.45) is 11.8 Å². The first-order chi connectivity index (χ1) is 25.6. The number of aryl methyl sites for hydroxylation is 1. The van der Waals surface area contributed by atoms with Crippen molar-refractivity contribution >= 4 is 41.1 Å². The standard InChI is InChI=1S/C40H47ClN8O4/c1-25-8-2-3-9-28(25)20-27(23-45-39(51)35-37(42)47-38(43)36(41)46-35)22-44-21-26-14-17-48(18-15-26)34(50)16-19-49(40(52)53)24-33-31-12-6-4-10-29(31)30-11-5-7-13-32(30)33/h2-13,26-27,33,44H,14-24H2,1H3,(H,45,51)(H,52,53)(H4,42,43,47)/t27-/m1/s1. The topological polar surface area (TPSA) is 180 Å². The second kappa shape index (κ2) is 17.1. The zero-order chi connectivity index (χ0) is 37.5. The first kappa shape index (κ1) is 37.6. The Hall–Kier alpha value is -5.20. The molecule has 1 atom stereocenters. The zero-order valence-electron chi connectivity index (χ0n) is 29.9. The lowest BCUT2D eigenvalue weighted by Crippen LogP contribution is -2.43. The fourth-order valence-corrected chi connectivity index (χ4v) is 7.63. The lowest BCUT2D eigenvalue weighted by Gasteiger charge is -2.33. The fraction of sp³-hybridized carbons (Fsp3) is 0.375. The van der Waals surface area contributed by atoms with Gasteiger partial charge in [-0.05, 0) is 84.5 Å². The van der Waals surface area contributed by atoms with E-state index in [4.69, 9.17) is 23.1 Å². The fourth-order valence-electron chi connectivity index (χ4n) is 7.50. The Kier molecular flexibility index (Phi) is 12.1. The molecule has 53 heavy (non-hydrogen) atoms. The third-order valence-electron chi connectivity index (χ3n) is 10.5. The third-order valence-corrected chi connectivity index (χ3v) is 10.8. The average molecular weight is 739 g/mol. The van der Waals surface area contributed by atoms with Crippen LogP contribution in [0.5, 0.6) is 0 Å². The molecule has 0 unspecified atom stereocenters. The number of hydrogen-bond donors (Lipinski definition) is 5. The second-order valence-electron chi connectivity index (χ2n) is 14.0. The van der Waals surface area contributed by atoms with Crippen LogP contribution in [-0.4, -0.2) is 88.6 Å². The maximum absolute atomic E-state index is 13.3. The first-order valence-electron chi connectivity index (χ1n) is 18.1. The first-order valence-corrected chi connectivity index (χ1v) is 18.5. The predicted molar refractivity (Wildman–Crippen MR) is 207 cm³/mol. The summed E-state index contributed by atoms with van der Waals surface area (Å²) in [6, 6.07) is 24.5. The molecule has 0 spiro atoms. The molecule has 0 saturated carbocycles. The Morgan fingerprint density at radius 3 is 2.23 bits per heavy atom. The largest absolute Gasteiger partial charge is 0.465 e. The molecule has 1 fully saturated rings. The molecule has 2 heterocycles. The van der Waals surface area contributed by atoms with E-state index in [1.54, 1.807) is 0 Å². The summed E-state index contributed by atoms with van der Waals surface area (Å²) in [7, 11) is 0. The third kappa shape index (κ3) is 9.06. The van der Waals surface area contributed by atoms with Crippen LogP contribution in [0.2, 0.25) is 5.15 Å². The molecule has 3 amide bonds. The van der Waals surface area contributed by atoms with Gasteiger partial charge in [0.1, 0.15) is 0 Å². The number of carbonyl (C=O) groups is 3. The molecule has 3 aromatic carbocycles. The van der Waals surface area contributed by atoms with Gasteiger partial charge in [0.25, 0.3) is 5.91 Å². The van der Waals surface area contributed by atoms with Gasteiger partial charge < -0.3 is 37.0 Å². The van der Waals surface area contributed by atoms with E-state index in [1.807, 2.05) is 41.3 Å². The van der Waals surface area contributed by atoms with E-state index in [9.17, 15) is 19.5 Å². The van der Waals surface area contributed by atoms with Crippen molar-refractivity contribution in [1.29, 1.82) is 0 Å². The number of carbonyl (C=O) groups excluding carboxylic acids is 2. The summed E-state index contributed by atoms with van der Waals surface area (Å²) in [6.07, 6.45) is 1.59. The van der Waals surface area contributed by atoms with Crippen LogP contribution < -0.4 is 22.1 Å². The van der Waals surface area contributed by atoms with Crippen molar-refractivity contribution in [1.82, 2.24) is 30.4 Å². The Bertz CT molecular complexity index is 1900. The number of likely N-dealkylation sites (tertiary alicyclic amines) is 1. The maximum atomic E-state index is 13.3. The smallest absolute Gasteiger partial charge is 0.407 e. The van der Waals surface area contributed by atoms with E-state index < -0.39 is 12.0 Å². The van der Waals surface area contributed by atoms with Crippen molar-refractivity contribution in [3.05, 3.63) is 106 Å². The average Bonchev–Trinajstić information content (AvgIpc) is 3.47. The molecule has 1 aromatic heterocycles. The monoisotopic (exact) mass is 738 g/mol. The highest BCUT2D eigenvalue weighted by Crippen LogP contribution is 2.44. The van der Waals surface area contributed by atoms with E-state index in [0.717, 1.165) is 48.1 Å². The summed E-state index contributed by atoms with van der Waals surface area (Å²) >= 11 is 5.99. The summed E-state index contributed by atoms with van der Waals surface area (Å²) in [5.74, 6) is -0.207. The van der Waals surface area contributed by atoms with E-state index in [-0.39, 0.29) is 53.2 Å². The number of nitrogens with two attached hydrogens (primary N) is 2. The van der Waals surface area contributed by atoms with Gasteiger partial charge in [0.2, 0.25) is 5.91 Å². The minimum absolute atomic E-state index is 0.0170. The van der Waals surface area contributed by atoms with Crippen LogP contribution in [0, 0.1) is 18.8 Å². The molecule has 1 saturated heterocycles. The van der Waals surface area contributed by atoms with Crippen molar-refractivity contribution < 1.29 is 19.5 Å². The number of aromatic nitrogens is 2.